The maximum Gasteiger partial charge on any atom is 0.246 e. The lowest BCUT2D eigenvalue weighted by atomic mass is 10.1. The van der Waals surface area contributed by atoms with E-state index in [0.717, 1.165) is 18.2 Å². The fourth-order valence-electron chi connectivity index (χ4n) is 2.89. The van der Waals surface area contributed by atoms with Crippen LogP contribution in [0.4, 0.5) is 5.69 Å². The van der Waals surface area contributed by atoms with Gasteiger partial charge in [0, 0.05) is 39.9 Å². The van der Waals surface area contributed by atoms with Crippen LogP contribution in [-0.2, 0) is 18.4 Å². The topological polar surface area (TPSA) is 65.8 Å². The average Bonchev–Trinajstić information content (AvgIpc) is 3.03. The largest absolute Gasteiger partial charge is 0.352 e. The molecule has 1 aliphatic rings. The lowest BCUT2D eigenvalue weighted by Crippen LogP contribution is -2.55. The number of rotatable bonds is 3. The van der Waals surface area contributed by atoms with Crippen LogP contribution in [0.15, 0.2) is 41.7 Å². The van der Waals surface area contributed by atoms with Crippen molar-refractivity contribution < 1.29 is 4.79 Å². The van der Waals surface area contributed by atoms with E-state index in [1.165, 1.54) is 11.1 Å². The van der Waals surface area contributed by atoms with Gasteiger partial charge in [0.2, 0.25) is 5.91 Å². The Labute approximate surface area is 148 Å². The summed E-state index contributed by atoms with van der Waals surface area (Å²) in [5, 5.41) is 7.48. The Morgan fingerprint density at radius 1 is 1.28 bits per heavy atom. The third-order valence-corrected chi connectivity index (χ3v) is 4.31. The molecule has 1 aliphatic heterocycles. The molecule has 0 spiro atoms. The van der Waals surface area contributed by atoms with Crippen LogP contribution < -0.4 is 10.2 Å². The predicted octanol–water partition coefficient (Wildman–Crippen LogP) is 1.15. The van der Waals surface area contributed by atoms with Crippen LogP contribution in [0.3, 0.4) is 0 Å². The third-order valence-electron chi connectivity index (χ3n) is 4.31. The first-order valence-corrected chi connectivity index (χ1v) is 8.37. The molecule has 0 radical (unpaired) electrons. The molecule has 1 aromatic heterocycles. The van der Waals surface area contributed by atoms with Crippen molar-refractivity contribution in [2.24, 2.45) is 12.0 Å². The van der Waals surface area contributed by atoms with E-state index in [1.807, 2.05) is 18.1 Å². The average molecular weight is 340 g/mol. The van der Waals surface area contributed by atoms with Crippen LogP contribution in [0, 0.1) is 6.92 Å². The number of piperazine rings is 1. The van der Waals surface area contributed by atoms with E-state index >= 15 is 0 Å². The first kappa shape index (κ1) is 17.0. The lowest BCUT2D eigenvalue weighted by Gasteiger charge is -2.35. The van der Waals surface area contributed by atoms with Crippen molar-refractivity contribution in [3.8, 4) is 0 Å². The molecular formula is C18H24N6O. The summed E-state index contributed by atoms with van der Waals surface area (Å²) in [6.45, 7) is 4.42. The Bertz CT molecular complexity index is 764. The normalized spacial score (nSPS) is 15.6. The Balaban J connectivity index is 1.59. The number of hydrogen-bond acceptors (Lipinski definition) is 3. The van der Waals surface area contributed by atoms with Crippen molar-refractivity contribution in [1.29, 1.82) is 0 Å². The molecule has 1 saturated heterocycles. The highest BCUT2D eigenvalue weighted by atomic mass is 16.2. The number of carbonyl (C=O) groups is 1. The molecule has 1 N–H and O–H groups in total. The summed E-state index contributed by atoms with van der Waals surface area (Å²) in [6.07, 6.45) is 3.58. The summed E-state index contributed by atoms with van der Waals surface area (Å²) in [7, 11) is 3.59. The summed E-state index contributed by atoms with van der Waals surface area (Å²) >= 11 is 0. The van der Waals surface area contributed by atoms with Gasteiger partial charge in [-0.3, -0.25) is 14.5 Å². The van der Waals surface area contributed by atoms with Crippen molar-refractivity contribution in [2.75, 3.05) is 31.6 Å². The van der Waals surface area contributed by atoms with E-state index in [2.05, 4.69) is 46.6 Å². The fraction of sp³-hybridized carbons (Fsp3) is 0.389. The first-order chi connectivity index (χ1) is 12.1. The van der Waals surface area contributed by atoms with Crippen molar-refractivity contribution in [2.45, 2.75) is 13.5 Å². The number of hydrogen-bond donors (Lipinski definition) is 1. The zero-order valence-electron chi connectivity index (χ0n) is 14.9. The molecule has 7 nitrogen and oxygen atoms in total. The highest BCUT2D eigenvalue weighted by Crippen LogP contribution is 2.16. The number of aryl methyl sites for hydroxylation is 2. The molecule has 1 amide bonds. The molecule has 0 saturated carbocycles. The van der Waals surface area contributed by atoms with Gasteiger partial charge in [-0.05, 0) is 12.5 Å². The number of aromatic nitrogens is 2. The van der Waals surface area contributed by atoms with Gasteiger partial charge in [0.15, 0.2) is 5.96 Å². The minimum Gasteiger partial charge on any atom is -0.352 e. The van der Waals surface area contributed by atoms with Gasteiger partial charge in [-0.15, -0.1) is 0 Å². The molecule has 0 unspecified atom stereocenters. The molecule has 0 atom stereocenters. The summed E-state index contributed by atoms with van der Waals surface area (Å²) in [4.78, 5) is 20.6. The van der Waals surface area contributed by atoms with Gasteiger partial charge in [0.05, 0.1) is 11.9 Å². The van der Waals surface area contributed by atoms with Crippen LogP contribution in [0.5, 0.6) is 0 Å². The second-order valence-corrected chi connectivity index (χ2v) is 6.23. The van der Waals surface area contributed by atoms with E-state index < -0.39 is 0 Å². The van der Waals surface area contributed by atoms with Gasteiger partial charge in [0.1, 0.15) is 6.54 Å². The zero-order chi connectivity index (χ0) is 17.8. The fourth-order valence-corrected chi connectivity index (χ4v) is 2.89. The van der Waals surface area contributed by atoms with E-state index in [9.17, 15) is 4.79 Å². The summed E-state index contributed by atoms with van der Waals surface area (Å²) in [5.41, 5.74) is 3.27. The SMILES string of the molecule is CN=C(NCc1ccc(C)cc1)N1CCN(c2cnn(C)c2)C(=O)C1. The second-order valence-electron chi connectivity index (χ2n) is 6.23. The van der Waals surface area contributed by atoms with Crippen molar-refractivity contribution in [3.63, 3.8) is 0 Å². The number of nitrogens with one attached hydrogen (secondary N) is 1. The first-order valence-electron chi connectivity index (χ1n) is 8.37. The standard InChI is InChI=1S/C18H24N6O/c1-14-4-6-15(7-5-14)10-20-18(19-2)23-8-9-24(17(25)13-23)16-11-21-22(3)12-16/h4-7,11-12H,8-10,13H2,1-3H3,(H,19,20). The molecular weight excluding hydrogens is 316 g/mol. The number of amides is 1. The monoisotopic (exact) mass is 340 g/mol. The quantitative estimate of drug-likeness (QED) is 0.672. The third kappa shape index (κ3) is 3.99. The number of anilines is 1. The van der Waals surface area contributed by atoms with Gasteiger partial charge in [-0.1, -0.05) is 29.8 Å². The Kier molecular flexibility index (Phi) is 5.02. The van der Waals surface area contributed by atoms with Gasteiger partial charge in [-0.25, -0.2) is 0 Å². The van der Waals surface area contributed by atoms with Gasteiger partial charge in [-0.2, -0.15) is 5.10 Å². The van der Waals surface area contributed by atoms with E-state index in [1.54, 1.807) is 22.8 Å². The molecule has 25 heavy (non-hydrogen) atoms. The van der Waals surface area contributed by atoms with Crippen LogP contribution >= 0.6 is 0 Å². The van der Waals surface area contributed by atoms with Crippen LogP contribution in [0.2, 0.25) is 0 Å². The van der Waals surface area contributed by atoms with Gasteiger partial charge < -0.3 is 15.1 Å². The van der Waals surface area contributed by atoms with E-state index in [0.29, 0.717) is 19.6 Å². The molecule has 0 aliphatic carbocycles. The number of nitrogens with zero attached hydrogens (tertiary/aromatic N) is 5. The van der Waals surface area contributed by atoms with E-state index in [4.69, 9.17) is 0 Å². The number of carbonyl (C=O) groups excluding carboxylic acids is 1. The second kappa shape index (κ2) is 7.38. The van der Waals surface area contributed by atoms with Crippen LogP contribution in [0.25, 0.3) is 0 Å². The molecule has 2 aromatic rings. The summed E-state index contributed by atoms with van der Waals surface area (Å²) in [6, 6.07) is 8.38. The molecule has 2 heterocycles. The highest BCUT2D eigenvalue weighted by molar-refractivity contribution is 5.98. The molecule has 132 valence electrons. The maximum absolute atomic E-state index is 12.5. The summed E-state index contributed by atoms with van der Waals surface area (Å²) in [5.74, 6) is 0.803. The highest BCUT2D eigenvalue weighted by Gasteiger charge is 2.27. The smallest absolute Gasteiger partial charge is 0.246 e. The molecule has 0 bridgehead atoms. The Hall–Kier alpha value is -2.83. The Morgan fingerprint density at radius 2 is 2.04 bits per heavy atom. The number of benzene rings is 1. The van der Waals surface area contributed by atoms with E-state index in [-0.39, 0.29) is 5.91 Å². The minimum atomic E-state index is 0.0533. The van der Waals surface area contributed by atoms with Crippen molar-refractivity contribution >= 4 is 17.6 Å². The maximum atomic E-state index is 12.5. The predicted molar refractivity (Wildman–Crippen MR) is 98.5 cm³/mol. The van der Waals surface area contributed by atoms with Crippen molar-refractivity contribution in [1.82, 2.24) is 20.0 Å². The van der Waals surface area contributed by atoms with Gasteiger partial charge in [0.25, 0.3) is 0 Å². The zero-order valence-corrected chi connectivity index (χ0v) is 14.9. The molecule has 1 aromatic carbocycles. The number of aliphatic imine (C=N–C) groups is 1. The molecule has 7 heteroatoms. The lowest BCUT2D eigenvalue weighted by molar-refractivity contribution is -0.120. The Morgan fingerprint density at radius 3 is 2.64 bits per heavy atom. The van der Waals surface area contributed by atoms with Crippen LogP contribution in [-0.4, -0.2) is 53.2 Å². The summed E-state index contributed by atoms with van der Waals surface area (Å²) < 4.78 is 1.71. The molecule has 1 fully saturated rings. The van der Waals surface area contributed by atoms with Crippen LogP contribution in [0.1, 0.15) is 11.1 Å². The van der Waals surface area contributed by atoms with Crippen molar-refractivity contribution in [3.05, 3.63) is 47.8 Å². The minimum absolute atomic E-state index is 0.0533. The van der Waals surface area contributed by atoms with Gasteiger partial charge >= 0.3 is 0 Å². The molecule has 3 rings (SSSR count). The number of guanidine groups is 1.